The highest BCUT2D eigenvalue weighted by Crippen LogP contribution is 2.32. The standard InChI is InChI=1S/C18H21F4N5/c1-23-17(25-10-12-6-7-24-16(8-12)27(2)3)26-11-13-4-5-14(19)9-15(13)18(20,21)22/h4-9H,10-11H2,1-3H3,(H2,23,25,26). The first-order valence-corrected chi connectivity index (χ1v) is 8.13. The van der Waals surface area contributed by atoms with Gasteiger partial charge in [-0.2, -0.15) is 13.2 Å². The monoisotopic (exact) mass is 383 g/mol. The predicted octanol–water partition coefficient (Wildman–Crippen LogP) is 3.17. The molecular formula is C18H21F4N5. The van der Waals surface area contributed by atoms with E-state index in [1.54, 1.807) is 6.20 Å². The molecule has 27 heavy (non-hydrogen) atoms. The molecule has 0 aliphatic rings. The predicted molar refractivity (Wildman–Crippen MR) is 97.0 cm³/mol. The van der Waals surface area contributed by atoms with E-state index in [0.29, 0.717) is 18.6 Å². The zero-order valence-electron chi connectivity index (χ0n) is 15.2. The lowest BCUT2D eigenvalue weighted by Crippen LogP contribution is -2.36. The molecule has 146 valence electrons. The normalized spacial score (nSPS) is 12.0. The van der Waals surface area contributed by atoms with Crippen LogP contribution in [0.5, 0.6) is 0 Å². The molecule has 1 aromatic carbocycles. The van der Waals surface area contributed by atoms with Crippen molar-refractivity contribution in [3.63, 3.8) is 0 Å². The van der Waals surface area contributed by atoms with Gasteiger partial charge in [0.1, 0.15) is 11.6 Å². The quantitative estimate of drug-likeness (QED) is 0.473. The van der Waals surface area contributed by atoms with Crippen molar-refractivity contribution in [2.75, 3.05) is 26.0 Å². The molecule has 0 unspecified atom stereocenters. The van der Waals surface area contributed by atoms with E-state index < -0.39 is 17.6 Å². The Morgan fingerprint density at radius 2 is 1.81 bits per heavy atom. The fourth-order valence-electron chi connectivity index (χ4n) is 2.37. The summed E-state index contributed by atoms with van der Waals surface area (Å²) in [4.78, 5) is 10.1. The molecule has 0 spiro atoms. The van der Waals surface area contributed by atoms with Crippen LogP contribution in [0.15, 0.2) is 41.5 Å². The van der Waals surface area contributed by atoms with E-state index in [1.165, 1.54) is 7.05 Å². The molecule has 0 bridgehead atoms. The summed E-state index contributed by atoms with van der Waals surface area (Å²) in [7, 11) is 5.27. The van der Waals surface area contributed by atoms with Crippen LogP contribution >= 0.6 is 0 Å². The number of rotatable bonds is 5. The van der Waals surface area contributed by atoms with Crippen molar-refractivity contribution in [3.05, 3.63) is 59.0 Å². The van der Waals surface area contributed by atoms with Gasteiger partial charge in [-0.1, -0.05) is 6.07 Å². The number of halogens is 4. The molecular weight excluding hydrogens is 362 g/mol. The number of benzene rings is 1. The third kappa shape index (κ3) is 5.83. The van der Waals surface area contributed by atoms with E-state index in [0.717, 1.165) is 23.5 Å². The maximum Gasteiger partial charge on any atom is 0.416 e. The highest BCUT2D eigenvalue weighted by Gasteiger charge is 2.33. The average molecular weight is 383 g/mol. The van der Waals surface area contributed by atoms with Crippen molar-refractivity contribution in [1.29, 1.82) is 0 Å². The van der Waals surface area contributed by atoms with Crippen LogP contribution in [0.3, 0.4) is 0 Å². The summed E-state index contributed by atoms with van der Waals surface area (Å²) in [6.07, 6.45) is -2.95. The molecule has 2 N–H and O–H groups in total. The Kier molecular flexibility index (Phi) is 6.59. The highest BCUT2D eigenvalue weighted by molar-refractivity contribution is 5.79. The minimum absolute atomic E-state index is 0.0642. The van der Waals surface area contributed by atoms with Crippen molar-refractivity contribution in [1.82, 2.24) is 15.6 Å². The number of pyridine rings is 1. The number of aromatic nitrogens is 1. The van der Waals surface area contributed by atoms with Crippen molar-refractivity contribution in [3.8, 4) is 0 Å². The van der Waals surface area contributed by atoms with Gasteiger partial charge in [0.25, 0.3) is 0 Å². The van der Waals surface area contributed by atoms with Gasteiger partial charge in [-0.25, -0.2) is 9.37 Å². The zero-order valence-corrected chi connectivity index (χ0v) is 15.2. The molecule has 0 saturated carbocycles. The second-order valence-electron chi connectivity index (χ2n) is 6.00. The topological polar surface area (TPSA) is 52.6 Å². The highest BCUT2D eigenvalue weighted by atomic mass is 19.4. The number of aliphatic imine (C=N–C) groups is 1. The Hall–Kier alpha value is -2.84. The van der Waals surface area contributed by atoms with E-state index in [4.69, 9.17) is 0 Å². The lowest BCUT2D eigenvalue weighted by Gasteiger charge is -2.16. The van der Waals surface area contributed by atoms with Crippen molar-refractivity contribution in [2.45, 2.75) is 19.3 Å². The van der Waals surface area contributed by atoms with E-state index in [2.05, 4.69) is 20.6 Å². The molecule has 0 fully saturated rings. The molecule has 5 nitrogen and oxygen atoms in total. The van der Waals surface area contributed by atoms with Crippen molar-refractivity contribution >= 4 is 11.8 Å². The molecule has 0 radical (unpaired) electrons. The number of alkyl halides is 3. The third-order valence-corrected chi connectivity index (χ3v) is 3.78. The lowest BCUT2D eigenvalue weighted by molar-refractivity contribution is -0.138. The number of hydrogen-bond acceptors (Lipinski definition) is 3. The molecule has 2 aromatic rings. The van der Waals surface area contributed by atoms with Crippen LogP contribution < -0.4 is 15.5 Å². The van der Waals surface area contributed by atoms with Crippen LogP contribution in [-0.2, 0) is 19.3 Å². The van der Waals surface area contributed by atoms with Gasteiger partial charge in [-0.05, 0) is 35.4 Å². The van der Waals surface area contributed by atoms with Gasteiger partial charge >= 0.3 is 6.18 Å². The Morgan fingerprint density at radius 3 is 2.44 bits per heavy atom. The minimum Gasteiger partial charge on any atom is -0.363 e. The van der Waals surface area contributed by atoms with E-state index in [1.807, 2.05) is 31.1 Å². The van der Waals surface area contributed by atoms with Crippen LogP contribution in [0, 0.1) is 5.82 Å². The Balaban J connectivity index is 2.02. The number of nitrogens with zero attached hydrogens (tertiary/aromatic N) is 3. The lowest BCUT2D eigenvalue weighted by atomic mass is 10.1. The summed E-state index contributed by atoms with van der Waals surface area (Å²) in [5.41, 5.74) is -0.129. The largest absolute Gasteiger partial charge is 0.416 e. The molecule has 1 heterocycles. The Bertz CT molecular complexity index is 803. The molecule has 2 rings (SSSR count). The summed E-state index contributed by atoms with van der Waals surface area (Å²) in [6.45, 7) is 0.271. The molecule has 0 aliphatic carbocycles. The summed E-state index contributed by atoms with van der Waals surface area (Å²) >= 11 is 0. The zero-order chi connectivity index (χ0) is 20.0. The van der Waals surface area contributed by atoms with E-state index in [-0.39, 0.29) is 12.1 Å². The molecule has 9 heteroatoms. The second-order valence-corrected chi connectivity index (χ2v) is 6.00. The maximum absolute atomic E-state index is 13.2. The average Bonchev–Trinajstić information content (AvgIpc) is 2.62. The fraction of sp³-hybridized carbons (Fsp3) is 0.333. The van der Waals surface area contributed by atoms with Gasteiger partial charge in [0.2, 0.25) is 0 Å². The second kappa shape index (κ2) is 8.70. The molecule has 0 saturated heterocycles. The van der Waals surface area contributed by atoms with E-state index in [9.17, 15) is 17.6 Å². The number of hydrogen-bond donors (Lipinski definition) is 2. The fourth-order valence-corrected chi connectivity index (χ4v) is 2.37. The van der Waals surface area contributed by atoms with Gasteiger partial charge < -0.3 is 15.5 Å². The number of anilines is 1. The van der Waals surface area contributed by atoms with Gasteiger partial charge in [0.05, 0.1) is 5.56 Å². The summed E-state index contributed by atoms with van der Waals surface area (Å²) < 4.78 is 52.3. The van der Waals surface area contributed by atoms with Crippen molar-refractivity contribution in [2.24, 2.45) is 4.99 Å². The van der Waals surface area contributed by atoms with E-state index >= 15 is 0 Å². The van der Waals surface area contributed by atoms with Crippen molar-refractivity contribution < 1.29 is 17.6 Å². The molecule has 0 aliphatic heterocycles. The maximum atomic E-state index is 13.2. The first kappa shape index (κ1) is 20.5. The summed E-state index contributed by atoms with van der Waals surface area (Å²) in [5.74, 6) is 0.192. The molecule has 0 amide bonds. The van der Waals surface area contributed by atoms with Gasteiger partial charge in [0, 0.05) is 40.4 Å². The first-order chi connectivity index (χ1) is 12.7. The van der Waals surface area contributed by atoms with Gasteiger partial charge in [-0.3, -0.25) is 4.99 Å². The number of nitrogens with one attached hydrogen (secondary N) is 2. The number of guanidine groups is 1. The Labute approximate surface area is 155 Å². The summed E-state index contributed by atoms with van der Waals surface area (Å²) in [6, 6.07) is 6.33. The summed E-state index contributed by atoms with van der Waals surface area (Å²) in [5, 5.41) is 5.84. The molecule has 0 atom stereocenters. The van der Waals surface area contributed by atoms with Crippen LogP contribution in [0.25, 0.3) is 0 Å². The van der Waals surface area contributed by atoms with Crippen LogP contribution in [0.1, 0.15) is 16.7 Å². The first-order valence-electron chi connectivity index (χ1n) is 8.13. The smallest absolute Gasteiger partial charge is 0.363 e. The Morgan fingerprint density at radius 1 is 1.11 bits per heavy atom. The van der Waals surface area contributed by atoms with Crippen LogP contribution in [-0.4, -0.2) is 32.1 Å². The van der Waals surface area contributed by atoms with Gasteiger partial charge in [0.15, 0.2) is 5.96 Å². The molecule has 1 aromatic heterocycles. The minimum atomic E-state index is -4.63. The SMILES string of the molecule is CN=C(NCc1ccnc(N(C)C)c1)NCc1ccc(F)cc1C(F)(F)F. The van der Waals surface area contributed by atoms with Crippen LogP contribution in [0.4, 0.5) is 23.4 Å². The van der Waals surface area contributed by atoms with Gasteiger partial charge in [-0.15, -0.1) is 0 Å². The third-order valence-electron chi connectivity index (χ3n) is 3.78. The van der Waals surface area contributed by atoms with Crippen LogP contribution in [0.2, 0.25) is 0 Å².